The van der Waals surface area contributed by atoms with E-state index >= 15 is 0 Å². The molecular weight excluding hydrogens is 540 g/mol. The first kappa shape index (κ1) is 29.1. The maximum absolute atomic E-state index is 12.7. The van der Waals surface area contributed by atoms with Crippen molar-refractivity contribution in [3.63, 3.8) is 0 Å². The summed E-state index contributed by atoms with van der Waals surface area (Å²) in [6.07, 6.45) is 2.73. The van der Waals surface area contributed by atoms with Crippen molar-refractivity contribution in [3.05, 3.63) is 59.2 Å². The molecule has 6 rings (SSSR count). The number of rotatable bonds is 5. The van der Waals surface area contributed by atoms with Crippen LogP contribution in [0.1, 0.15) is 50.3 Å². The number of aromatic nitrogens is 1. The number of nitrogens with zero attached hydrogens (tertiary/aromatic N) is 6. The number of hydrogen-bond donors (Lipinski definition) is 0. The van der Waals surface area contributed by atoms with E-state index in [9.17, 15) is 10.1 Å². The first-order valence-electron chi connectivity index (χ1n) is 15.5. The molecule has 3 aromatic rings. The van der Waals surface area contributed by atoms with Crippen LogP contribution in [-0.2, 0) is 17.7 Å². The van der Waals surface area contributed by atoms with E-state index in [4.69, 9.17) is 14.5 Å². The number of likely N-dealkylation sites (tertiary alicyclic amines) is 1. The van der Waals surface area contributed by atoms with Crippen LogP contribution < -0.4 is 14.5 Å². The molecule has 0 saturated carbocycles. The second kappa shape index (κ2) is 11.9. The Morgan fingerprint density at radius 2 is 1.77 bits per heavy atom. The monoisotopic (exact) mass is 582 g/mol. The molecule has 3 aliphatic rings. The first-order chi connectivity index (χ1) is 20.7. The number of likely N-dealkylation sites (N-methyl/N-ethyl adjacent to an activating group) is 1. The highest BCUT2D eigenvalue weighted by molar-refractivity contribution is 5.94. The van der Waals surface area contributed by atoms with E-state index in [1.807, 2.05) is 20.8 Å². The molecule has 1 atom stereocenters. The van der Waals surface area contributed by atoms with Gasteiger partial charge in [-0.05, 0) is 65.1 Å². The van der Waals surface area contributed by atoms with Gasteiger partial charge in [0.05, 0.1) is 0 Å². The predicted molar refractivity (Wildman–Crippen MR) is 169 cm³/mol. The van der Waals surface area contributed by atoms with Crippen LogP contribution in [0.2, 0.25) is 0 Å². The van der Waals surface area contributed by atoms with Crippen LogP contribution in [0.3, 0.4) is 0 Å². The highest BCUT2D eigenvalue weighted by Crippen LogP contribution is 2.38. The Kier molecular flexibility index (Phi) is 8.06. The van der Waals surface area contributed by atoms with Crippen LogP contribution in [0.4, 0.5) is 16.3 Å². The van der Waals surface area contributed by atoms with E-state index in [0.29, 0.717) is 56.8 Å². The topological polar surface area (TPSA) is 85.2 Å². The Hall–Kier alpha value is -4.03. The molecule has 0 aliphatic carbocycles. The van der Waals surface area contributed by atoms with Crippen LogP contribution in [0, 0.1) is 11.3 Å². The number of anilines is 2. The Morgan fingerprint density at radius 1 is 1.00 bits per heavy atom. The molecule has 1 amide bonds. The maximum Gasteiger partial charge on any atom is 0.410 e. The fourth-order valence-corrected chi connectivity index (χ4v) is 6.55. The average molecular weight is 583 g/mol. The summed E-state index contributed by atoms with van der Waals surface area (Å²) in [5.41, 5.74) is 3.29. The van der Waals surface area contributed by atoms with Gasteiger partial charge in [-0.1, -0.05) is 36.4 Å². The summed E-state index contributed by atoms with van der Waals surface area (Å²) < 4.78 is 12.0. The summed E-state index contributed by atoms with van der Waals surface area (Å²) in [7, 11) is 2.13. The van der Waals surface area contributed by atoms with Crippen molar-refractivity contribution in [1.82, 2.24) is 14.8 Å². The van der Waals surface area contributed by atoms with Crippen LogP contribution in [0.25, 0.3) is 10.8 Å². The molecule has 1 aromatic heterocycles. The number of benzene rings is 2. The van der Waals surface area contributed by atoms with Crippen LogP contribution >= 0.6 is 0 Å². The standard InChI is InChI=1S/C34H42N6O3/c1-34(2,3)43-33(41)39-19-17-38(18-20-39)31-27-14-16-40(30-13-7-10-24-9-5-6-12-26(24)30)22-29(27)28(21-35)32(36-31)42-23-25-11-8-15-37(25)4/h5-7,9-10,12-13,25H,8,11,14-20,22-23H2,1-4H3/t25-/m0/s1. The maximum atomic E-state index is 12.7. The second-order valence-corrected chi connectivity index (χ2v) is 12.9. The van der Waals surface area contributed by atoms with Gasteiger partial charge in [-0.15, -0.1) is 0 Å². The van der Waals surface area contributed by atoms with Crippen molar-refractivity contribution < 1.29 is 14.3 Å². The Bertz CT molecular complexity index is 1530. The largest absolute Gasteiger partial charge is 0.475 e. The van der Waals surface area contributed by atoms with Gasteiger partial charge >= 0.3 is 6.09 Å². The Morgan fingerprint density at radius 3 is 2.49 bits per heavy atom. The third-order valence-corrected chi connectivity index (χ3v) is 8.87. The highest BCUT2D eigenvalue weighted by Gasteiger charge is 2.33. The van der Waals surface area contributed by atoms with Crippen molar-refractivity contribution >= 4 is 28.4 Å². The van der Waals surface area contributed by atoms with Gasteiger partial charge in [0.2, 0.25) is 5.88 Å². The van der Waals surface area contributed by atoms with Gasteiger partial charge in [0.1, 0.15) is 29.7 Å². The van der Waals surface area contributed by atoms with Crippen molar-refractivity contribution in [1.29, 1.82) is 5.26 Å². The molecule has 9 heteroatoms. The molecule has 9 nitrogen and oxygen atoms in total. The number of carbonyl (C=O) groups excluding carboxylic acids is 1. The van der Waals surface area contributed by atoms with Crippen molar-refractivity contribution in [2.75, 3.05) is 62.7 Å². The highest BCUT2D eigenvalue weighted by atomic mass is 16.6. The van der Waals surface area contributed by atoms with Crippen LogP contribution in [0.15, 0.2) is 42.5 Å². The summed E-state index contributed by atoms with van der Waals surface area (Å²) in [6, 6.07) is 17.7. The molecule has 3 aliphatic heterocycles. The molecule has 2 fully saturated rings. The lowest BCUT2D eigenvalue weighted by atomic mass is 9.94. The van der Waals surface area contributed by atoms with E-state index < -0.39 is 5.60 Å². The summed E-state index contributed by atoms with van der Waals surface area (Å²) >= 11 is 0. The van der Waals surface area contributed by atoms with Crippen molar-refractivity contribution in [2.45, 2.75) is 58.2 Å². The molecule has 4 heterocycles. The summed E-state index contributed by atoms with van der Waals surface area (Å²) in [5, 5.41) is 12.9. The Labute approximate surface area is 254 Å². The number of carbonyl (C=O) groups is 1. The van der Waals surface area contributed by atoms with Crippen molar-refractivity contribution in [3.8, 4) is 11.9 Å². The molecule has 0 spiro atoms. The lowest BCUT2D eigenvalue weighted by Gasteiger charge is -2.39. The molecule has 2 aromatic carbocycles. The van der Waals surface area contributed by atoms with Gasteiger partial charge in [0.15, 0.2) is 0 Å². The van der Waals surface area contributed by atoms with Crippen LogP contribution in [-0.4, -0.2) is 85.4 Å². The fraction of sp³-hybridized carbons (Fsp3) is 0.500. The number of pyridine rings is 1. The van der Waals surface area contributed by atoms with Gasteiger partial charge in [-0.3, -0.25) is 0 Å². The predicted octanol–water partition coefficient (Wildman–Crippen LogP) is 5.20. The molecule has 226 valence electrons. The van der Waals surface area contributed by atoms with E-state index in [1.54, 1.807) is 4.90 Å². The zero-order valence-corrected chi connectivity index (χ0v) is 25.8. The normalized spacial score (nSPS) is 19.3. The fourth-order valence-electron chi connectivity index (χ4n) is 6.55. The van der Waals surface area contributed by atoms with E-state index in [2.05, 4.69) is 70.3 Å². The molecule has 0 N–H and O–H groups in total. The van der Waals surface area contributed by atoms with E-state index in [-0.39, 0.29) is 6.09 Å². The zero-order valence-electron chi connectivity index (χ0n) is 25.8. The molecule has 0 bridgehead atoms. The number of piperazine rings is 1. The molecular formula is C34H42N6O3. The van der Waals surface area contributed by atoms with Gasteiger partial charge in [-0.2, -0.15) is 10.2 Å². The lowest BCUT2D eigenvalue weighted by Crippen LogP contribution is -2.50. The quantitative estimate of drug-likeness (QED) is 0.406. The van der Waals surface area contributed by atoms with Gasteiger partial charge in [0.25, 0.3) is 0 Å². The average Bonchev–Trinajstić information content (AvgIpc) is 3.42. The minimum absolute atomic E-state index is 0.280. The minimum atomic E-state index is -0.530. The summed E-state index contributed by atoms with van der Waals surface area (Å²) in [6.45, 7) is 11.1. The SMILES string of the molecule is CN1CCC[C@H]1COc1nc(N2CCN(C(=O)OC(C)(C)C)CC2)c2c(c1C#N)CN(c1cccc3ccccc13)CC2. The van der Waals surface area contributed by atoms with Gasteiger partial charge in [-0.25, -0.2) is 4.79 Å². The first-order valence-corrected chi connectivity index (χ1v) is 15.5. The second-order valence-electron chi connectivity index (χ2n) is 12.9. The number of amides is 1. The smallest absolute Gasteiger partial charge is 0.410 e. The summed E-state index contributed by atoms with van der Waals surface area (Å²) in [5.74, 6) is 1.30. The Balaban J connectivity index is 1.32. The molecule has 43 heavy (non-hydrogen) atoms. The molecule has 2 saturated heterocycles. The summed E-state index contributed by atoms with van der Waals surface area (Å²) in [4.78, 5) is 26.5. The third-order valence-electron chi connectivity index (χ3n) is 8.87. The van der Waals surface area contributed by atoms with Crippen molar-refractivity contribution in [2.24, 2.45) is 0 Å². The number of fused-ring (bicyclic) bond motifs is 2. The number of nitriles is 1. The number of ether oxygens (including phenoxy) is 2. The van der Waals surface area contributed by atoms with E-state index in [1.165, 1.54) is 16.5 Å². The molecule has 0 radical (unpaired) electrons. The van der Waals surface area contributed by atoms with Crippen LogP contribution in [0.5, 0.6) is 5.88 Å². The molecule has 0 unspecified atom stereocenters. The van der Waals surface area contributed by atoms with Gasteiger partial charge < -0.3 is 29.1 Å². The zero-order chi connectivity index (χ0) is 30.1. The minimum Gasteiger partial charge on any atom is -0.475 e. The van der Waals surface area contributed by atoms with E-state index in [0.717, 1.165) is 49.3 Å². The third kappa shape index (κ3) is 6.07. The van der Waals surface area contributed by atoms with Gasteiger partial charge in [0, 0.05) is 67.5 Å². The lowest BCUT2D eigenvalue weighted by molar-refractivity contribution is 0.0240. The number of hydrogen-bond acceptors (Lipinski definition) is 8.